The SMILES string of the molecule is CN[C@@H](C)[C@@H](O)c1ccccc1.[Cl-]. The maximum absolute atomic E-state index is 9.73. The highest BCUT2D eigenvalue weighted by atomic mass is 35.5. The number of aliphatic hydroxyl groups is 1. The summed E-state index contributed by atoms with van der Waals surface area (Å²) >= 11 is 0. The van der Waals surface area contributed by atoms with E-state index in [4.69, 9.17) is 0 Å². The predicted molar refractivity (Wildman–Crippen MR) is 49.9 cm³/mol. The number of hydrogen-bond donors (Lipinski definition) is 2. The summed E-state index contributed by atoms with van der Waals surface area (Å²) in [7, 11) is 1.84. The smallest absolute Gasteiger partial charge is 0.0940 e. The molecule has 2 nitrogen and oxygen atoms in total. The van der Waals surface area contributed by atoms with Crippen molar-refractivity contribution in [1.82, 2.24) is 5.32 Å². The molecule has 0 aliphatic heterocycles. The molecular weight excluding hydrogens is 186 g/mol. The fourth-order valence-corrected chi connectivity index (χ4v) is 1.10. The van der Waals surface area contributed by atoms with Crippen molar-refractivity contribution in [2.45, 2.75) is 19.1 Å². The Morgan fingerprint density at radius 1 is 1.23 bits per heavy atom. The molecule has 0 amide bonds. The quantitative estimate of drug-likeness (QED) is 0.612. The molecule has 0 bridgehead atoms. The second kappa shape index (κ2) is 5.97. The van der Waals surface area contributed by atoms with Gasteiger partial charge >= 0.3 is 0 Å². The molecule has 0 heterocycles. The van der Waals surface area contributed by atoms with Crippen molar-refractivity contribution >= 4 is 0 Å². The van der Waals surface area contributed by atoms with Crippen molar-refractivity contribution in [1.29, 1.82) is 0 Å². The third kappa shape index (κ3) is 3.35. The van der Waals surface area contributed by atoms with E-state index < -0.39 is 6.10 Å². The second-order valence-electron chi connectivity index (χ2n) is 2.93. The molecule has 0 fully saturated rings. The number of rotatable bonds is 3. The fraction of sp³-hybridized carbons (Fsp3) is 0.400. The van der Waals surface area contributed by atoms with E-state index in [0.717, 1.165) is 5.56 Å². The summed E-state index contributed by atoms with van der Waals surface area (Å²) in [5.41, 5.74) is 0.958. The number of halogens is 1. The highest BCUT2D eigenvalue weighted by Gasteiger charge is 2.12. The molecular formula is C10H15ClNO-. The van der Waals surface area contributed by atoms with Crippen LogP contribution in [0.2, 0.25) is 0 Å². The van der Waals surface area contributed by atoms with Crippen LogP contribution in [0.4, 0.5) is 0 Å². The van der Waals surface area contributed by atoms with Gasteiger partial charge in [0.2, 0.25) is 0 Å². The van der Waals surface area contributed by atoms with Gasteiger partial charge in [0.1, 0.15) is 0 Å². The zero-order valence-corrected chi connectivity index (χ0v) is 8.62. The van der Waals surface area contributed by atoms with Crippen LogP contribution in [0.15, 0.2) is 30.3 Å². The summed E-state index contributed by atoms with van der Waals surface area (Å²) in [6.45, 7) is 1.96. The Kier molecular flexibility index (Phi) is 5.71. The van der Waals surface area contributed by atoms with Gasteiger partial charge in [-0.2, -0.15) is 0 Å². The minimum atomic E-state index is -0.420. The van der Waals surface area contributed by atoms with Crippen LogP contribution in [0.3, 0.4) is 0 Å². The largest absolute Gasteiger partial charge is 1.00 e. The van der Waals surface area contributed by atoms with Crippen molar-refractivity contribution in [3.05, 3.63) is 35.9 Å². The molecule has 0 unspecified atom stereocenters. The van der Waals surface area contributed by atoms with Crippen molar-refractivity contribution in [2.75, 3.05) is 7.05 Å². The Morgan fingerprint density at radius 3 is 2.23 bits per heavy atom. The van der Waals surface area contributed by atoms with E-state index in [1.165, 1.54) is 0 Å². The summed E-state index contributed by atoms with van der Waals surface area (Å²) in [4.78, 5) is 0. The lowest BCUT2D eigenvalue weighted by Crippen LogP contribution is -3.00. The first-order valence-electron chi connectivity index (χ1n) is 4.16. The number of hydrogen-bond acceptors (Lipinski definition) is 2. The molecule has 2 N–H and O–H groups in total. The average Bonchev–Trinajstić information content (AvgIpc) is 2.17. The second-order valence-corrected chi connectivity index (χ2v) is 2.93. The number of nitrogens with one attached hydrogen (secondary N) is 1. The lowest BCUT2D eigenvalue weighted by molar-refractivity contribution is -0.00000403. The Hall–Kier alpha value is -0.570. The molecule has 2 atom stereocenters. The first-order valence-corrected chi connectivity index (χ1v) is 4.16. The van der Waals surface area contributed by atoms with E-state index in [1.54, 1.807) is 0 Å². The summed E-state index contributed by atoms with van der Waals surface area (Å²) < 4.78 is 0. The van der Waals surface area contributed by atoms with Gasteiger partial charge in [-0.15, -0.1) is 0 Å². The van der Waals surface area contributed by atoms with Crippen LogP contribution in [0.25, 0.3) is 0 Å². The summed E-state index contributed by atoms with van der Waals surface area (Å²) in [5, 5.41) is 12.7. The van der Waals surface area contributed by atoms with Crippen molar-refractivity contribution in [2.24, 2.45) is 0 Å². The summed E-state index contributed by atoms with van der Waals surface area (Å²) in [6.07, 6.45) is -0.420. The van der Waals surface area contributed by atoms with Crippen LogP contribution >= 0.6 is 0 Å². The number of aliphatic hydroxyl groups excluding tert-OH is 1. The zero-order chi connectivity index (χ0) is 8.97. The third-order valence-electron chi connectivity index (χ3n) is 2.07. The number of likely N-dealkylation sites (N-methyl/N-ethyl adjacent to an activating group) is 1. The molecule has 0 saturated carbocycles. The van der Waals surface area contributed by atoms with E-state index in [-0.39, 0.29) is 18.4 Å². The normalized spacial score (nSPS) is 14.4. The van der Waals surface area contributed by atoms with E-state index in [0.29, 0.717) is 0 Å². The third-order valence-corrected chi connectivity index (χ3v) is 2.07. The van der Waals surface area contributed by atoms with Crippen molar-refractivity contribution in [3.8, 4) is 0 Å². The number of benzene rings is 1. The minimum Gasteiger partial charge on any atom is -1.00 e. The van der Waals surface area contributed by atoms with E-state index in [2.05, 4.69) is 5.32 Å². The lowest BCUT2D eigenvalue weighted by atomic mass is 10.0. The molecule has 13 heavy (non-hydrogen) atoms. The van der Waals surface area contributed by atoms with Crippen LogP contribution < -0.4 is 17.7 Å². The molecule has 3 heteroatoms. The van der Waals surface area contributed by atoms with Gasteiger partial charge in [0.05, 0.1) is 6.10 Å². The molecule has 0 radical (unpaired) electrons. The molecule has 0 spiro atoms. The molecule has 0 saturated heterocycles. The van der Waals surface area contributed by atoms with Crippen LogP contribution in [0.5, 0.6) is 0 Å². The van der Waals surface area contributed by atoms with Crippen LogP contribution in [-0.2, 0) is 0 Å². The van der Waals surface area contributed by atoms with Gasteiger partial charge in [-0.3, -0.25) is 0 Å². The Labute approximate surface area is 85.4 Å². The maximum atomic E-state index is 9.73. The van der Waals surface area contributed by atoms with E-state index in [9.17, 15) is 5.11 Å². The molecule has 1 aromatic carbocycles. The minimum absolute atomic E-state index is 0. The van der Waals surface area contributed by atoms with E-state index in [1.807, 2.05) is 44.3 Å². The maximum Gasteiger partial charge on any atom is 0.0940 e. The van der Waals surface area contributed by atoms with Crippen LogP contribution in [0.1, 0.15) is 18.6 Å². The molecule has 74 valence electrons. The van der Waals surface area contributed by atoms with Gasteiger partial charge in [-0.1, -0.05) is 30.3 Å². The summed E-state index contributed by atoms with van der Waals surface area (Å²) in [5.74, 6) is 0. The molecule has 0 aliphatic carbocycles. The topological polar surface area (TPSA) is 32.3 Å². The molecule has 1 rings (SSSR count). The first-order chi connectivity index (χ1) is 5.75. The van der Waals surface area contributed by atoms with E-state index >= 15 is 0 Å². The average molecular weight is 201 g/mol. The lowest BCUT2D eigenvalue weighted by Gasteiger charge is -2.17. The van der Waals surface area contributed by atoms with Gasteiger partial charge in [0.25, 0.3) is 0 Å². The first kappa shape index (κ1) is 12.4. The van der Waals surface area contributed by atoms with Crippen LogP contribution in [-0.4, -0.2) is 18.2 Å². The van der Waals surface area contributed by atoms with Gasteiger partial charge in [0, 0.05) is 6.04 Å². The molecule has 1 aromatic rings. The van der Waals surface area contributed by atoms with Crippen molar-refractivity contribution in [3.63, 3.8) is 0 Å². The Balaban J connectivity index is 0.00000144. The molecule has 0 aromatic heterocycles. The monoisotopic (exact) mass is 200 g/mol. The highest BCUT2D eigenvalue weighted by Crippen LogP contribution is 2.15. The van der Waals surface area contributed by atoms with Gasteiger partial charge < -0.3 is 22.8 Å². The van der Waals surface area contributed by atoms with Gasteiger partial charge in [-0.05, 0) is 19.5 Å². The predicted octanol–water partition coefficient (Wildman–Crippen LogP) is -1.67. The zero-order valence-electron chi connectivity index (χ0n) is 7.87. The Bertz CT molecular complexity index is 228. The van der Waals surface area contributed by atoms with Crippen molar-refractivity contribution < 1.29 is 17.5 Å². The fourth-order valence-electron chi connectivity index (χ4n) is 1.10. The van der Waals surface area contributed by atoms with Gasteiger partial charge in [0.15, 0.2) is 0 Å². The van der Waals surface area contributed by atoms with Crippen LogP contribution in [0, 0.1) is 0 Å². The molecule has 0 aliphatic rings. The summed E-state index contributed by atoms with van der Waals surface area (Å²) in [6, 6.07) is 9.76. The Morgan fingerprint density at radius 2 is 1.77 bits per heavy atom. The highest BCUT2D eigenvalue weighted by molar-refractivity contribution is 5.18. The standard InChI is InChI=1S/C10H15NO.ClH/c1-8(11-2)10(12)9-6-4-3-5-7-9;/h3-8,10-12H,1-2H3;1H/p-1/t8-,10+;/m0./s1. The van der Waals surface area contributed by atoms with Gasteiger partial charge in [-0.25, -0.2) is 0 Å².